The number of fused-ring (bicyclic) bond motifs is 1. The van der Waals surface area contributed by atoms with Crippen LogP contribution < -0.4 is 0 Å². The zero-order chi connectivity index (χ0) is 26.3. The molecule has 0 fully saturated rings. The normalized spacial score (nSPS) is 18.8. The monoisotopic (exact) mass is 508 g/mol. The Morgan fingerprint density at radius 2 is 1.97 bits per heavy atom. The lowest BCUT2D eigenvalue weighted by Gasteiger charge is -2.40. The van der Waals surface area contributed by atoms with Crippen molar-refractivity contribution in [3.05, 3.63) is 69.6 Å². The number of hydrogen-bond donors (Lipinski definition) is 3. The summed E-state index contributed by atoms with van der Waals surface area (Å²) < 4.78 is 6.15. The van der Waals surface area contributed by atoms with E-state index in [1.54, 1.807) is 6.33 Å². The van der Waals surface area contributed by atoms with Gasteiger partial charge < -0.3 is 19.9 Å². The first kappa shape index (κ1) is 26.3. The molecule has 0 radical (unpaired) electrons. The van der Waals surface area contributed by atoms with Crippen LogP contribution in [0.25, 0.3) is 11.0 Å². The van der Waals surface area contributed by atoms with Crippen molar-refractivity contribution < 1.29 is 19.7 Å². The van der Waals surface area contributed by atoms with Crippen molar-refractivity contribution in [3.63, 3.8) is 0 Å². The number of H-pyrrole nitrogens is 1. The topological polar surface area (TPSA) is 95.4 Å². The Balaban J connectivity index is 1.61. The number of aliphatic hydroxyl groups excluding tert-OH is 2. The Morgan fingerprint density at radius 3 is 2.61 bits per heavy atom. The summed E-state index contributed by atoms with van der Waals surface area (Å²) in [6.45, 7) is 12.3. The maximum Gasteiger partial charge on any atom is 0.349 e. The summed E-state index contributed by atoms with van der Waals surface area (Å²) in [6, 6.07) is 10.1. The number of aromatic amines is 1. The summed E-state index contributed by atoms with van der Waals surface area (Å²) in [4.78, 5) is 21.9. The molecule has 6 nitrogen and oxygen atoms in total. The second-order valence-electron chi connectivity index (χ2n) is 11.1. The van der Waals surface area contributed by atoms with Gasteiger partial charge in [-0.1, -0.05) is 58.5 Å². The number of aliphatic hydroxyl groups is 2. The van der Waals surface area contributed by atoms with Crippen LogP contribution in [0, 0.1) is 12.8 Å². The van der Waals surface area contributed by atoms with Crippen molar-refractivity contribution in [3.8, 4) is 0 Å². The van der Waals surface area contributed by atoms with Crippen LogP contribution in [0.2, 0.25) is 0 Å². The molecule has 0 saturated heterocycles. The molecule has 0 aliphatic carbocycles. The Labute approximate surface area is 217 Å². The van der Waals surface area contributed by atoms with E-state index in [4.69, 9.17) is 4.74 Å². The van der Waals surface area contributed by atoms with Crippen LogP contribution in [0.5, 0.6) is 0 Å². The highest BCUT2D eigenvalue weighted by Crippen LogP contribution is 2.45. The van der Waals surface area contributed by atoms with Crippen LogP contribution >= 0.6 is 11.8 Å². The van der Waals surface area contributed by atoms with Crippen molar-refractivity contribution in [2.75, 3.05) is 0 Å². The summed E-state index contributed by atoms with van der Waals surface area (Å²) in [5.74, 6) is -0.374. The number of aromatic nitrogens is 2. The highest BCUT2D eigenvalue weighted by Gasteiger charge is 2.44. The van der Waals surface area contributed by atoms with Gasteiger partial charge in [0.05, 0.1) is 24.0 Å². The van der Waals surface area contributed by atoms with Crippen molar-refractivity contribution >= 4 is 28.8 Å². The fourth-order valence-electron chi connectivity index (χ4n) is 4.77. The Bertz CT molecular complexity index is 1320. The molecule has 4 rings (SSSR count). The molecule has 3 aromatic rings. The third kappa shape index (κ3) is 5.18. The van der Waals surface area contributed by atoms with Gasteiger partial charge in [0.15, 0.2) is 0 Å². The molecule has 0 bridgehead atoms. The number of esters is 1. The minimum absolute atomic E-state index is 0.0282. The number of imidazole rings is 1. The lowest BCUT2D eigenvalue weighted by molar-refractivity contribution is -0.164. The van der Waals surface area contributed by atoms with Crippen LogP contribution in [-0.4, -0.2) is 31.8 Å². The highest BCUT2D eigenvalue weighted by atomic mass is 32.2. The molecule has 3 N–H and O–H groups in total. The molecule has 1 aliphatic rings. The van der Waals surface area contributed by atoms with Crippen LogP contribution in [0.3, 0.4) is 0 Å². The van der Waals surface area contributed by atoms with Gasteiger partial charge in [-0.2, -0.15) is 0 Å². The molecule has 0 amide bonds. The highest BCUT2D eigenvalue weighted by molar-refractivity contribution is 8.04. The maximum absolute atomic E-state index is 13.3. The summed E-state index contributed by atoms with van der Waals surface area (Å²) in [6.07, 6.45) is 3.27. The standard InChI is InChI=1S/C29H36N2O4S/c1-17(2)29(10-9-19-7-8-22-23(12-19)31-16-30-22)14-24(33)26(27(34)35-29)36-25-11-18(3)20(15-32)13-21(25)28(4,5)6/h7-8,11-13,16-17,32-33H,9-10,14-15H2,1-6H3,(H,30,31). The number of nitrogens with zero attached hydrogens (tertiary/aromatic N) is 1. The largest absolute Gasteiger partial charge is 0.511 e. The number of rotatable bonds is 7. The quantitative estimate of drug-likeness (QED) is 0.315. The number of hydrogen-bond acceptors (Lipinski definition) is 6. The maximum atomic E-state index is 13.3. The molecular formula is C29H36N2O4S. The first-order valence-corrected chi connectivity index (χ1v) is 13.3. The summed E-state index contributed by atoms with van der Waals surface area (Å²) >= 11 is 1.26. The molecule has 7 heteroatoms. The predicted octanol–water partition coefficient (Wildman–Crippen LogP) is 6.50. The van der Waals surface area contributed by atoms with Crippen molar-refractivity contribution in [1.29, 1.82) is 0 Å². The van der Waals surface area contributed by atoms with Crippen LogP contribution in [0.1, 0.15) is 69.7 Å². The number of carbonyl (C=O) groups excluding carboxylic acids is 1. The van der Waals surface area contributed by atoms with Gasteiger partial charge in [0, 0.05) is 11.3 Å². The van der Waals surface area contributed by atoms with Gasteiger partial charge in [0.25, 0.3) is 0 Å². The van der Waals surface area contributed by atoms with E-state index in [2.05, 4.69) is 36.8 Å². The van der Waals surface area contributed by atoms with Crippen molar-refractivity contribution in [2.24, 2.45) is 5.92 Å². The minimum atomic E-state index is -0.782. The Hall–Kier alpha value is -2.77. The van der Waals surface area contributed by atoms with Gasteiger partial charge in [-0.3, -0.25) is 0 Å². The van der Waals surface area contributed by atoms with Crippen LogP contribution in [0.15, 0.2) is 52.2 Å². The number of aryl methyl sites for hydroxylation is 2. The van der Waals surface area contributed by atoms with E-state index in [0.717, 1.165) is 38.2 Å². The van der Waals surface area contributed by atoms with Gasteiger partial charge in [0.1, 0.15) is 16.3 Å². The van der Waals surface area contributed by atoms with Crippen LogP contribution in [0.4, 0.5) is 0 Å². The average Bonchev–Trinajstić information content (AvgIpc) is 3.27. The molecular weight excluding hydrogens is 472 g/mol. The number of carbonyl (C=O) groups is 1. The van der Waals surface area contributed by atoms with E-state index in [9.17, 15) is 15.0 Å². The fraction of sp³-hybridized carbons (Fsp3) is 0.448. The molecule has 2 aromatic carbocycles. The molecule has 0 spiro atoms. The van der Waals surface area contributed by atoms with Gasteiger partial charge in [-0.25, -0.2) is 9.78 Å². The SMILES string of the molecule is Cc1cc(SC2=C(O)CC(CCc3ccc4[nH]cnc4c3)(C(C)C)OC2=O)c(C(C)(C)C)cc1CO. The lowest BCUT2D eigenvalue weighted by Crippen LogP contribution is -2.44. The van der Waals surface area contributed by atoms with E-state index in [-0.39, 0.29) is 35.0 Å². The van der Waals surface area contributed by atoms with Crippen molar-refractivity contribution in [2.45, 2.75) is 83.3 Å². The van der Waals surface area contributed by atoms with Gasteiger partial charge >= 0.3 is 5.97 Å². The third-order valence-electron chi connectivity index (χ3n) is 7.21. The predicted molar refractivity (Wildman–Crippen MR) is 144 cm³/mol. The number of ether oxygens (including phenoxy) is 1. The first-order chi connectivity index (χ1) is 16.9. The first-order valence-electron chi connectivity index (χ1n) is 12.4. The van der Waals surface area contributed by atoms with E-state index in [1.165, 1.54) is 11.8 Å². The Kier molecular flexibility index (Phi) is 7.26. The second-order valence-corrected chi connectivity index (χ2v) is 12.2. The van der Waals surface area contributed by atoms with Gasteiger partial charge in [-0.15, -0.1) is 0 Å². The fourth-order valence-corrected chi connectivity index (χ4v) is 6.01. The Morgan fingerprint density at radius 1 is 1.22 bits per heavy atom. The van der Waals surface area contributed by atoms with E-state index in [0.29, 0.717) is 12.8 Å². The van der Waals surface area contributed by atoms with Gasteiger partial charge in [0.2, 0.25) is 0 Å². The lowest BCUT2D eigenvalue weighted by atomic mass is 9.80. The molecule has 0 saturated carbocycles. The third-order valence-corrected chi connectivity index (χ3v) is 8.38. The number of thioether (sulfide) groups is 1. The number of cyclic esters (lactones) is 1. The molecule has 1 unspecified atom stereocenters. The molecule has 1 atom stereocenters. The zero-order valence-corrected chi connectivity index (χ0v) is 22.8. The molecule has 1 aromatic heterocycles. The summed E-state index contributed by atoms with van der Waals surface area (Å²) in [5.41, 5.74) is 4.85. The second kappa shape index (κ2) is 9.94. The van der Waals surface area contributed by atoms with E-state index < -0.39 is 11.6 Å². The summed E-state index contributed by atoms with van der Waals surface area (Å²) in [7, 11) is 0. The van der Waals surface area contributed by atoms with Crippen molar-refractivity contribution in [1.82, 2.24) is 9.97 Å². The summed E-state index contributed by atoms with van der Waals surface area (Å²) in [5, 5.41) is 20.9. The molecule has 1 aliphatic heterocycles. The zero-order valence-electron chi connectivity index (χ0n) is 21.9. The minimum Gasteiger partial charge on any atom is -0.511 e. The average molecular weight is 509 g/mol. The number of benzene rings is 2. The van der Waals surface area contributed by atoms with Crippen LogP contribution in [-0.2, 0) is 28.0 Å². The van der Waals surface area contributed by atoms with Gasteiger partial charge in [-0.05, 0) is 71.6 Å². The molecule has 2 heterocycles. The van der Waals surface area contributed by atoms with E-state index >= 15 is 0 Å². The smallest absolute Gasteiger partial charge is 0.349 e. The molecule has 192 valence electrons. The van der Waals surface area contributed by atoms with E-state index in [1.807, 2.05) is 45.0 Å². The molecule has 36 heavy (non-hydrogen) atoms. The number of nitrogens with one attached hydrogen (secondary N) is 1.